The molecule has 0 aliphatic heterocycles. The summed E-state index contributed by atoms with van der Waals surface area (Å²) in [5.74, 6) is -1.49. The first-order chi connectivity index (χ1) is 9.49. The predicted octanol–water partition coefficient (Wildman–Crippen LogP) is 1.93. The van der Waals surface area contributed by atoms with Crippen molar-refractivity contribution in [1.29, 1.82) is 0 Å². The number of imide groups is 1. The van der Waals surface area contributed by atoms with Crippen molar-refractivity contribution in [2.24, 2.45) is 0 Å². The first-order valence-corrected chi connectivity index (χ1v) is 6.37. The lowest BCUT2D eigenvalue weighted by molar-refractivity contribution is -0.389. The lowest BCUT2D eigenvalue weighted by Gasteiger charge is -2.04. The Morgan fingerprint density at radius 1 is 1.40 bits per heavy atom. The zero-order chi connectivity index (χ0) is 14.7. The largest absolute Gasteiger partial charge is 0.363 e. The van der Waals surface area contributed by atoms with E-state index in [9.17, 15) is 19.7 Å². The Balaban J connectivity index is 2.17. The maximum absolute atomic E-state index is 11.9. The summed E-state index contributed by atoms with van der Waals surface area (Å²) in [6, 6.07) is 4.47. The van der Waals surface area contributed by atoms with Crippen LogP contribution in [0.5, 0.6) is 0 Å². The van der Waals surface area contributed by atoms with Gasteiger partial charge in [-0.05, 0) is 33.8 Å². The van der Waals surface area contributed by atoms with E-state index in [0.29, 0.717) is 10.4 Å². The Morgan fingerprint density at radius 2 is 2.15 bits per heavy atom. The van der Waals surface area contributed by atoms with Crippen LogP contribution in [0.15, 0.2) is 29.8 Å². The Labute approximate surface area is 117 Å². The van der Waals surface area contributed by atoms with E-state index in [0.717, 1.165) is 6.20 Å². The minimum atomic E-state index is -0.647. The number of hydrogen-bond donors (Lipinski definition) is 1. The molecular formula is C12H9N3O4S. The summed E-state index contributed by atoms with van der Waals surface area (Å²) in [5.41, 5.74) is 0.503. The Bertz CT molecular complexity index is 682. The molecule has 0 aliphatic rings. The summed E-state index contributed by atoms with van der Waals surface area (Å²) in [7, 11) is 0. The zero-order valence-corrected chi connectivity index (χ0v) is 11.1. The number of nitrogens with zero attached hydrogens (tertiary/aromatic N) is 2. The van der Waals surface area contributed by atoms with Crippen molar-refractivity contribution in [1.82, 2.24) is 10.3 Å². The molecule has 2 heterocycles. The SMILES string of the molecule is Cc1cc([N+](=O)[O-])ncc1C(=O)NC(=O)c1cccs1. The van der Waals surface area contributed by atoms with Crippen molar-refractivity contribution in [2.45, 2.75) is 6.92 Å². The highest BCUT2D eigenvalue weighted by Gasteiger charge is 2.18. The van der Waals surface area contributed by atoms with Gasteiger partial charge in [-0.2, -0.15) is 0 Å². The van der Waals surface area contributed by atoms with Gasteiger partial charge in [0.05, 0.1) is 10.4 Å². The van der Waals surface area contributed by atoms with Gasteiger partial charge < -0.3 is 10.1 Å². The molecule has 0 bridgehead atoms. The molecule has 0 aliphatic carbocycles. The van der Waals surface area contributed by atoms with E-state index in [4.69, 9.17) is 0 Å². The number of aryl methyl sites for hydroxylation is 1. The number of nitro groups is 1. The quantitative estimate of drug-likeness (QED) is 0.529. The second-order valence-electron chi connectivity index (χ2n) is 3.88. The molecule has 2 rings (SSSR count). The van der Waals surface area contributed by atoms with Crippen molar-refractivity contribution in [3.63, 3.8) is 0 Å². The highest BCUT2D eigenvalue weighted by molar-refractivity contribution is 7.12. The summed E-state index contributed by atoms with van der Waals surface area (Å²) in [5, 5.41) is 14.5. The molecule has 0 saturated carbocycles. The van der Waals surface area contributed by atoms with Crippen LogP contribution in [0.4, 0.5) is 5.82 Å². The molecule has 7 nitrogen and oxygen atoms in total. The first-order valence-electron chi connectivity index (χ1n) is 5.49. The molecule has 0 fully saturated rings. The number of pyridine rings is 1. The van der Waals surface area contributed by atoms with Gasteiger partial charge in [0.1, 0.15) is 0 Å². The van der Waals surface area contributed by atoms with Crippen LogP contribution in [0.2, 0.25) is 0 Å². The molecule has 2 aromatic heterocycles. The van der Waals surface area contributed by atoms with E-state index in [1.54, 1.807) is 24.4 Å². The average Bonchev–Trinajstić information content (AvgIpc) is 2.92. The third-order valence-electron chi connectivity index (χ3n) is 2.50. The molecule has 20 heavy (non-hydrogen) atoms. The van der Waals surface area contributed by atoms with E-state index >= 15 is 0 Å². The van der Waals surface area contributed by atoms with Crippen molar-refractivity contribution in [3.05, 3.63) is 55.9 Å². The predicted molar refractivity (Wildman–Crippen MR) is 71.7 cm³/mol. The molecular weight excluding hydrogens is 282 g/mol. The zero-order valence-electron chi connectivity index (χ0n) is 10.3. The minimum Gasteiger partial charge on any atom is -0.358 e. The van der Waals surface area contributed by atoms with E-state index in [1.807, 2.05) is 0 Å². The maximum atomic E-state index is 11.9. The number of carbonyl (C=O) groups excluding carboxylic acids is 2. The van der Waals surface area contributed by atoms with Gasteiger partial charge in [0.15, 0.2) is 6.20 Å². The molecule has 0 radical (unpaired) electrons. The lowest BCUT2D eigenvalue weighted by atomic mass is 10.1. The van der Waals surface area contributed by atoms with Gasteiger partial charge in [-0.25, -0.2) is 0 Å². The van der Waals surface area contributed by atoms with E-state index in [-0.39, 0.29) is 11.4 Å². The molecule has 0 saturated heterocycles. The fraction of sp³-hybridized carbons (Fsp3) is 0.0833. The van der Waals surface area contributed by atoms with Gasteiger partial charge in [0.2, 0.25) is 0 Å². The highest BCUT2D eigenvalue weighted by atomic mass is 32.1. The Hall–Kier alpha value is -2.61. The summed E-state index contributed by atoms with van der Waals surface area (Å²) in [4.78, 5) is 37.5. The number of thiophene rings is 1. The van der Waals surface area contributed by atoms with Crippen molar-refractivity contribution < 1.29 is 14.5 Å². The molecule has 1 N–H and O–H groups in total. The summed E-state index contributed by atoms with van der Waals surface area (Å²) in [6.45, 7) is 1.54. The van der Waals surface area contributed by atoms with Crippen LogP contribution in [0.3, 0.4) is 0 Å². The smallest absolute Gasteiger partial charge is 0.358 e. The molecule has 102 valence electrons. The minimum absolute atomic E-state index is 0.125. The van der Waals surface area contributed by atoms with E-state index < -0.39 is 16.7 Å². The number of aromatic nitrogens is 1. The van der Waals surface area contributed by atoms with Crippen LogP contribution < -0.4 is 5.32 Å². The van der Waals surface area contributed by atoms with Gasteiger partial charge in [-0.3, -0.25) is 14.9 Å². The Kier molecular flexibility index (Phi) is 3.85. The van der Waals surface area contributed by atoms with Crippen LogP contribution in [-0.4, -0.2) is 21.7 Å². The van der Waals surface area contributed by atoms with Gasteiger partial charge >= 0.3 is 5.82 Å². The highest BCUT2D eigenvalue weighted by Crippen LogP contribution is 2.14. The van der Waals surface area contributed by atoms with Crippen molar-refractivity contribution >= 4 is 29.0 Å². The molecule has 0 spiro atoms. The third-order valence-corrected chi connectivity index (χ3v) is 3.37. The monoisotopic (exact) mass is 291 g/mol. The van der Waals surface area contributed by atoms with Gasteiger partial charge in [0, 0.05) is 6.07 Å². The first kappa shape index (κ1) is 13.8. The molecule has 0 aromatic carbocycles. The lowest BCUT2D eigenvalue weighted by Crippen LogP contribution is -2.30. The number of nitrogens with one attached hydrogen (secondary N) is 1. The Morgan fingerprint density at radius 3 is 2.70 bits per heavy atom. The molecule has 0 atom stereocenters. The van der Waals surface area contributed by atoms with Crippen LogP contribution >= 0.6 is 11.3 Å². The van der Waals surface area contributed by atoms with Crippen LogP contribution in [0, 0.1) is 17.0 Å². The van der Waals surface area contributed by atoms with Crippen molar-refractivity contribution in [3.8, 4) is 0 Å². The average molecular weight is 291 g/mol. The molecule has 2 aromatic rings. The third kappa shape index (κ3) is 2.86. The molecule has 0 unspecified atom stereocenters. The number of amides is 2. The van der Waals surface area contributed by atoms with E-state index in [2.05, 4.69) is 10.3 Å². The number of hydrogen-bond acceptors (Lipinski definition) is 6. The summed E-state index contributed by atoms with van der Waals surface area (Å²) < 4.78 is 0. The van der Waals surface area contributed by atoms with Gasteiger partial charge in [0.25, 0.3) is 11.8 Å². The fourth-order valence-electron chi connectivity index (χ4n) is 1.52. The normalized spacial score (nSPS) is 10.1. The standard InChI is InChI=1S/C12H9N3O4S/c1-7-5-10(15(18)19)13-6-8(7)11(16)14-12(17)9-3-2-4-20-9/h2-6H,1H3,(H,14,16,17). The second kappa shape index (κ2) is 5.57. The van der Waals surface area contributed by atoms with Gasteiger partial charge in [-0.15, -0.1) is 11.3 Å². The van der Waals surface area contributed by atoms with Crippen LogP contribution in [-0.2, 0) is 0 Å². The van der Waals surface area contributed by atoms with E-state index in [1.165, 1.54) is 17.4 Å². The van der Waals surface area contributed by atoms with Crippen molar-refractivity contribution in [2.75, 3.05) is 0 Å². The van der Waals surface area contributed by atoms with Gasteiger partial charge in [-0.1, -0.05) is 6.07 Å². The van der Waals surface area contributed by atoms with Crippen LogP contribution in [0.1, 0.15) is 25.6 Å². The summed E-state index contributed by atoms with van der Waals surface area (Å²) in [6.07, 6.45) is 1.09. The maximum Gasteiger partial charge on any atom is 0.363 e. The second-order valence-corrected chi connectivity index (χ2v) is 4.82. The number of carbonyl (C=O) groups is 2. The topological polar surface area (TPSA) is 102 Å². The fourth-order valence-corrected chi connectivity index (χ4v) is 2.14. The number of rotatable bonds is 3. The van der Waals surface area contributed by atoms with Crippen LogP contribution in [0.25, 0.3) is 0 Å². The summed E-state index contributed by atoms with van der Waals surface area (Å²) >= 11 is 1.21. The molecule has 2 amide bonds. The molecule has 8 heteroatoms.